The van der Waals surface area contributed by atoms with Crippen molar-refractivity contribution in [2.24, 2.45) is 5.41 Å². The van der Waals surface area contributed by atoms with Gasteiger partial charge in [-0.2, -0.15) is 0 Å². The number of aryl methyl sites for hydroxylation is 2. The molecule has 1 aromatic carbocycles. The van der Waals surface area contributed by atoms with Crippen molar-refractivity contribution in [1.29, 1.82) is 0 Å². The lowest BCUT2D eigenvalue weighted by atomic mass is 9.96. The van der Waals surface area contributed by atoms with E-state index < -0.39 is 5.97 Å². The van der Waals surface area contributed by atoms with Crippen LogP contribution in [0.3, 0.4) is 0 Å². The molecule has 1 aliphatic rings. The average Bonchev–Trinajstić information content (AvgIpc) is 2.88. The van der Waals surface area contributed by atoms with Crippen LogP contribution in [0.5, 0.6) is 0 Å². The molecule has 1 aliphatic carbocycles. The van der Waals surface area contributed by atoms with Crippen molar-refractivity contribution in [3.05, 3.63) is 34.4 Å². The van der Waals surface area contributed by atoms with Gasteiger partial charge in [0.1, 0.15) is 0 Å². The number of hydrogen-bond donors (Lipinski definition) is 2. The molecule has 0 radical (unpaired) electrons. The second-order valence-electron chi connectivity index (χ2n) is 5.97. The van der Waals surface area contributed by atoms with Gasteiger partial charge in [-0.25, -0.2) is 4.79 Å². The summed E-state index contributed by atoms with van der Waals surface area (Å²) in [4.78, 5) is 23.7. The number of hydrogen-bond acceptors (Lipinski definition) is 2. The van der Waals surface area contributed by atoms with Crippen molar-refractivity contribution in [3.8, 4) is 0 Å². The van der Waals surface area contributed by atoms with Gasteiger partial charge in [0.2, 0.25) is 0 Å². The van der Waals surface area contributed by atoms with Gasteiger partial charge in [-0.1, -0.05) is 26.0 Å². The Morgan fingerprint density at radius 2 is 1.68 bits per heavy atom. The minimum atomic E-state index is -1.05. The molecule has 4 heteroatoms. The Hall–Kier alpha value is -1.84. The van der Waals surface area contributed by atoms with Crippen LogP contribution in [-0.2, 0) is 0 Å². The molecule has 2 rings (SSSR count). The number of benzene rings is 1. The van der Waals surface area contributed by atoms with Crippen molar-refractivity contribution in [3.63, 3.8) is 0 Å². The van der Waals surface area contributed by atoms with E-state index >= 15 is 0 Å². The van der Waals surface area contributed by atoms with Gasteiger partial charge in [0.15, 0.2) is 0 Å². The Morgan fingerprint density at radius 3 is 2.11 bits per heavy atom. The van der Waals surface area contributed by atoms with Gasteiger partial charge >= 0.3 is 5.97 Å². The van der Waals surface area contributed by atoms with E-state index in [4.69, 9.17) is 0 Å². The number of aromatic carboxylic acids is 1. The zero-order valence-electron chi connectivity index (χ0n) is 11.7. The van der Waals surface area contributed by atoms with Crippen LogP contribution >= 0.6 is 0 Å². The molecule has 1 saturated carbocycles. The van der Waals surface area contributed by atoms with E-state index in [1.165, 1.54) is 0 Å². The molecule has 0 heterocycles. The third-order valence-corrected chi connectivity index (χ3v) is 3.88. The molecule has 1 aromatic rings. The van der Waals surface area contributed by atoms with Crippen LogP contribution in [0.15, 0.2) is 12.1 Å². The van der Waals surface area contributed by atoms with E-state index in [9.17, 15) is 14.7 Å². The Morgan fingerprint density at radius 1 is 1.21 bits per heavy atom. The summed E-state index contributed by atoms with van der Waals surface area (Å²) in [6.07, 6.45) is 0.937. The highest BCUT2D eigenvalue weighted by Gasteiger charge is 2.46. The SMILES string of the molecule is Cc1ccc(C)c(C(=O)NC2CC2(C)C)c1C(=O)O. The fraction of sp³-hybridized carbons (Fsp3) is 0.467. The highest BCUT2D eigenvalue weighted by molar-refractivity contribution is 6.06. The monoisotopic (exact) mass is 261 g/mol. The second-order valence-corrected chi connectivity index (χ2v) is 5.97. The molecule has 0 aromatic heterocycles. The Labute approximate surface area is 112 Å². The van der Waals surface area contributed by atoms with Gasteiger partial charge in [-0.05, 0) is 36.8 Å². The van der Waals surface area contributed by atoms with Gasteiger partial charge in [0.25, 0.3) is 5.91 Å². The van der Waals surface area contributed by atoms with E-state index in [1.54, 1.807) is 26.0 Å². The van der Waals surface area contributed by atoms with Crippen LogP contribution in [0.25, 0.3) is 0 Å². The lowest BCUT2D eigenvalue weighted by molar-refractivity contribution is 0.0689. The van der Waals surface area contributed by atoms with Crippen LogP contribution in [0.2, 0.25) is 0 Å². The molecule has 0 saturated heterocycles. The first kappa shape index (κ1) is 13.6. The summed E-state index contributed by atoms with van der Waals surface area (Å²) in [6, 6.07) is 3.66. The zero-order chi connectivity index (χ0) is 14.4. The van der Waals surface area contributed by atoms with Gasteiger partial charge in [-0.3, -0.25) is 4.79 Å². The van der Waals surface area contributed by atoms with E-state index in [0.717, 1.165) is 6.42 Å². The molecule has 102 valence electrons. The molecule has 1 unspecified atom stereocenters. The number of carbonyl (C=O) groups is 2. The van der Waals surface area contributed by atoms with Crippen LogP contribution in [-0.4, -0.2) is 23.0 Å². The first-order valence-electron chi connectivity index (χ1n) is 6.38. The molecule has 4 nitrogen and oxygen atoms in total. The zero-order valence-corrected chi connectivity index (χ0v) is 11.7. The highest BCUT2D eigenvalue weighted by atomic mass is 16.4. The standard InChI is InChI=1S/C15H19NO3/c1-8-5-6-9(2)12(14(18)19)11(8)13(17)16-10-7-15(10,3)4/h5-6,10H,7H2,1-4H3,(H,16,17)(H,18,19). The van der Waals surface area contributed by atoms with Gasteiger partial charge in [0.05, 0.1) is 11.1 Å². The van der Waals surface area contributed by atoms with Crippen molar-refractivity contribution >= 4 is 11.9 Å². The van der Waals surface area contributed by atoms with Crippen molar-refractivity contribution < 1.29 is 14.7 Å². The van der Waals surface area contributed by atoms with E-state index in [1.807, 2.05) is 0 Å². The minimum absolute atomic E-state index is 0.107. The third-order valence-electron chi connectivity index (χ3n) is 3.88. The molecule has 0 bridgehead atoms. The first-order valence-corrected chi connectivity index (χ1v) is 6.38. The predicted octanol–water partition coefficient (Wildman–Crippen LogP) is 2.53. The molecular formula is C15H19NO3. The number of amides is 1. The van der Waals surface area contributed by atoms with Crippen molar-refractivity contribution in [2.75, 3.05) is 0 Å². The molecule has 0 aliphatic heterocycles. The van der Waals surface area contributed by atoms with Gasteiger partial charge in [0, 0.05) is 6.04 Å². The summed E-state index contributed by atoms with van der Waals surface area (Å²) in [7, 11) is 0. The number of carboxylic acids is 1. The van der Waals surface area contributed by atoms with Crippen molar-refractivity contribution in [2.45, 2.75) is 40.2 Å². The smallest absolute Gasteiger partial charge is 0.336 e. The molecule has 2 N–H and O–H groups in total. The third kappa shape index (κ3) is 2.48. The van der Waals surface area contributed by atoms with Crippen molar-refractivity contribution in [1.82, 2.24) is 5.32 Å². The van der Waals surface area contributed by atoms with E-state index in [0.29, 0.717) is 11.1 Å². The van der Waals surface area contributed by atoms with Crippen LogP contribution < -0.4 is 5.32 Å². The van der Waals surface area contributed by atoms with E-state index in [-0.39, 0.29) is 28.5 Å². The summed E-state index contributed by atoms with van der Waals surface area (Å²) in [5, 5.41) is 12.2. The van der Waals surface area contributed by atoms with Gasteiger partial charge in [-0.15, -0.1) is 0 Å². The number of carboxylic acid groups (broad SMARTS) is 1. The summed E-state index contributed by atoms with van der Waals surface area (Å²) in [5.41, 5.74) is 1.82. The van der Waals surface area contributed by atoms with Crippen LogP contribution in [0, 0.1) is 19.3 Å². The second kappa shape index (κ2) is 4.37. The maximum absolute atomic E-state index is 12.3. The van der Waals surface area contributed by atoms with Crippen LogP contribution in [0.4, 0.5) is 0 Å². The van der Waals surface area contributed by atoms with E-state index in [2.05, 4.69) is 19.2 Å². The number of carbonyl (C=O) groups excluding carboxylic acids is 1. The quantitative estimate of drug-likeness (QED) is 0.878. The molecule has 1 fully saturated rings. The lowest BCUT2D eigenvalue weighted by Crippen LogP contribution is -2.30. The maximum atomic E-state index is 12.3. The lowest BCUT2D eigenvalue weighted by Gasteiger charge is -2.13. The summed E-state index contributed by atoms with van der Waals surface area (Å²) in [5.74, 6) is -1.34. The Bertz CT molecular complexity index is 561. The number of rotatable bonds is 3. The summed E-state index contributed by atoms with van der Waals surface area (Å²) >= 11 is 0. The number of nitrogens with one attached hydrogen (secondary N) is 1. The fourth-order valence-corrected chi connectivity index (χ4v) is 2.32. The van der Waals surface area contributed by atoms with Gasteiger partial charge < -0.3 is 10.4 Å². The normalized spacial score (nSPS) is 19.9. The first-order chi connectivity index (χ1) is 8.74. The highest BCUT2D eigenvalue weighted by Crippen LogP contribution is 2.44. The maximum Gasteiger partial charge on any atom is 0.336 e. The Kier molecular flexibility index (Phi) is 3.12. The summed E-state index contributed by atoms with van der Waals surface area (Å²) in [6.45, 7) is 7.64. The molecule has 0 spiro atoms. The average molecular weight is 261 g/mol. The van der Waals surface area contributed by atoms with Crippen LogP contribution in [0.1, 0.15) is 52.1 Å². The topological polar surface area (TPSA) is 66.4 Å². The summed E-state index contributed by atoms with van der Waals surface area (Å²) < 4.78 is 0. The molecule has 1 atom stereocenters. The predicted molar refractivity (Wildman–Crippen MR) is 72.5 cm³/mol. The molecular weight excluding hydrogens is 242 g/mol. The Balaban J connectivity index is 2.36. The molecule has 19 heavy (non-hydrogen) atoms. The largest absolute Gasteiger partial charge is 0.478 e. The fourth-order valence-electron chi connectivity index (χ4n) is 2.32. The minimum Gasteiger partial charge on any atom is -0.478 e. The molecule has 1 amide bonds.